The summed E-state index contributed by atoms with van der Waals surface area (Å²) in [5.41, 5.74) is 8.51. The van der Waals surface area contributed by atoms with E-state index in [1.165, 1.54) is 11.1 Å². The van der Waals surface area contributed by atoms with Gasteiger partial charge in [-0.15, -0.1) is 0 Å². The summed E-state index contributed by atoms with van der Waals surface area (Å²) in [6.07, 6.45) is 3.91. The van der Waals surface area contributed by atoms with E-state index in [1.807, 2.05) is 24.0 Å². The van der Waals surface area contributed by atoms with Gasteiger partial charge in [0.2, 0.25) is 5.91 Å². The summed E-state index contributed by atoms with van der Waals surface area (Å²) in [5, 5.41) is 2.79. The average molecular weight is 344 g/mol. The maximum atomic E-state index is 12.5. The fourth-order valence-electron chi connectivity index (χ4n) is 3.85. The third kappa shape index (κ3) is 4.12. The smallest absolute Gasteiger partial charge is 0.318 e. The molecule has 1 fully saturated rings. The van der Waals surface area contributed by atoms with Crippen LogP contribution in [0.2, 0.25) is 0 Å². The zero-order valence-corrected chi connectivity index (χ0v) is 14.9. The van der Waals surface area contributed by atoms with Gasteiger partial charge in [0, 0.05) is 31.7 Å². The topological polar surface area (TPSA) is 78.7 Å². The van der Waals surface area contributed by atoms with Crippen molar-refractivity contribution in [2.75, 3.05) is 19.6 Å². The number of nitrogens with one attached hydrogen (secondary N) is 1. The number of fused-ring (bicyclic) bond motifs is 1. The minimum atomic E-state index is -0.169. The average Bonchev–Trinajstić information content (AvgIpc) is 2.65. The van der Waals surface area contributed by atoms with Crippen LogP contribution in [0.15, 0.2) is 24.3 Å². The molecule has 2 atom stereocenters. The van der Waals surface area contributed by atoms with E-state index in [9.17, 15) is 9.59 Å². The lowest BCUT2D eigenvalue weighted by molar-refractivity contribution is -0.134. The van der Waals surface area contributed by atoms with Gasteiger partial charge in [-0.05, 0) is 43.7 Å². The van der Waals surface area contributed by atoms with Crippen LogP contribution in [0.1, 0.15) is 37.3 Å². The molecule has 0 aliphatic carbocycles. The second-order valence-corrected chi connectivity index (χ2v) is 7.11. The Morgan fingerprint density at radius 1 is 1.24 bits per heavy atom. The molecular weight excluding hydrogens is 316 g/mol. The molecule has 136 valence electrons. The van der Waals surface area contributed by atoms with E-state index >= 15 is 0 Å². The van der Waals surface area contributed by atoms with E-state index in [2.05, 4.69) is 17.4 Å². The molecule has 2 aliphatic heterocycles. The number of nitrogens with two attached hydrogens (primary N) is 1. The highest BCUT2D eigenvalue weighted by atomic mass is 16.2. The molecule has 6 heteroatoms. The van der Waals surface area contributed by atoms with Gasteiger partial charge in [-0.1, -0.05) is 24.3 Å². The highest BCUT2D eigenvalue weighted by molar-refractivity contribution is 5.84. The molecule has 1 aromatic rings. The summed E-state index contributed by atoms with van der Waals surface area (Å²) in [6, 6.07) is 8.06. The standard InChI is InChI=1S/C19H28N4O2/c1-14(20)17-8-4-5-10-23(17)18(24)12-21-19(25)22-11-9-15-6-2-3-7-16(15)13-22/h2-3,6-7,14,17H,4-5,8-13,20H2,1H3,(H,21,25). The quantitative estimate of drug-likeness (QED) is 0.872. The molecule has 2 aliphatic rings. The zero-order valence-electron chi connectivity index (χ0n) is 14.9. The Kier molecular flexibility index (Phi) is 5.58. The number of rotatable bonds is 3. The summed E-state index contributed by atoms with van der Waals surface area (Å²) in [5.74, 6) is -0.0345. The van der Waals surface area contributed by atoms with Crippen molar-refractivity contribution in [3.8, 4) is 0 Å². The van der Waals surface area contributed by atoms with Crippen molar-refractivity contribution in [1.82, 2.24) is 15.1 Å². The monoisotopic (exact) mass is 344 g/mol. The molecule has 3 N–H and O–H groups in total. The van der Waals surface area contributed by atoms with Gasteiger partial charge in [0.05, 0.1) is 6.54 Å². The maximum absolute atomic E-state index is 12.5. The van der Waals surface area contributed by atoms with Gasteiger partial charge in [-0.2, -0.15) is 0 Å². The first-order chi connectivity index (χ1) is 12.1. The lowest BCUT2D eigenvalue weighted by atomic mass is 9.97. The lowest BCUT2D eigenvalue weighted by Crippen LogP contribution is -2.55. The van der Waals surface area contributed by atoms with E-state index in [-0.39, 0.29) is 30.6 Å². The summed E-state index contributed by atoms with van der Waals surface area (Å²) >= 11 is 0. The predicted molar refractivity (Wildman–Crippen MR) is 97.0 cm³/mol. The van der Waals surface area contributed by atoms with Crippen LogP contribution in [-0.2, 0) is 17.8 Å². The third-order valence-corrected chi connectivity index (χ3v) is 5.29. The first kappa shape index (κ1) is 17.7. The van der Waals surface area contributed by atoms with Gasteiger partial charge in [-0.25, -0.2) is 4.79 Å². The van der Waals surface area contributed by atoms with Crippen LogP contribution in [0.5, 0.6) is 0 Å². The van der Waals surface area contributed by atoms with Crippen molar-refractivity contribution < 1.29 is 9.59 Å². The van der Waals surface area contributed by atoms with Crippen molar-refractivity contribution >= 4 is 11.9 Å². The van der Waals surface area contributed by atoms with Crippen LogP contribution in [0.3, 0.4) is 0 Å². The van der Waals surface area contributed by atoms with Gasteiger partial charge in [0.15, 0.2) is 0 Å². The molecular formula is C19H28N4O2. The van der Waals surface area contributed by atoms with E-state index in [0.29, 0.717) is 13.1 Å². The fourth-order valence-corrected chi connectivity index (χ4v) is 3.85. The number of piperidine rings is 1. The Balaban J connectivity index is 1.53. The molecule has 6 nitrogen and oxygen atoms in total. The normalized spacial score (nSPS) is 21.4. The number of amides is 3. The molecule has 1 aromatic carbocycles. The molecule has 25 heavy (non-hydrogen) atoms. The first-order valence-corrected chi connectivity index (χ1v) is 9.21. The number of likely N-dealkylation sites (tertiary alicyclic amines) is 1. The van der Waals surface area contributed by atoms with E-state index in [4.69, 9.17) is 5.73 Å². The van der Waals surface area contributed by atoms with Gasteiger partial charge in [0.1, 0.15) is 0 Å². The third-order valence-electron chi connectivity index (χ3n) is 5.29. The fraction of sp³-hybridized carbons (Fsp3) is 0.579. The molecule has 0 radical (unpaired) electrons. The number of benzene rings is 1. The number of urea groups is 1. The Hall–Kier alpha value is -2.08. The van der Waals surface area contributed by atoms with Crippen molar-refractivity contribution in [2.45, 2.75) is 51.2 Å². The van der Waals surface area contributed by atoms with E-state index < -0.39 is 0 Å². The van der Waals surface area contributed by atoms with Crippen LogP contribution in [0, 0.1) is 0 Å². The second-order valence-electron chi connectivity index (χ2n) is 7.11. The molecule has 2 unspecified atom stereocenters. The predicted octanol–water partition coefficient (Wildman–Crippen LogP) is 1.48. The van der Waals surface area contributed by atoms with Crippen LogP contribution in [0.4, 0.5) is 4.79 Å². The number of hydrogen-bond acceptors (Lipinski definition) is 3. The summed E-state index contributed by atoms with van der Waals surface area (Å²) < 4.78 is 0. The summed E-state index contributed by atoms with van der Waals surface area (Å²) in [6.45, 7) is 4.00. The number of carbonyl (C=O) groups excluding carboxylic acids is 2. The highest BCUT2D eigenvalue weighted by Gasteiger charge is 2.29. The summed E-state index contributed by atoms with van der Waals surface area (Å²) in [4.78, 5) is 28.6. The van der Waals surface area contributed by atoms with Crippen LogP contribution in [-0.4, -0.2) is 53.5 Å². The van der Waals surface area contributed by atoms with Gasteiger partial charge < -0.3 is 20.9 Å². The van der Waals surface area contributed by atoms with Crippen molar-refractivity contribution in [2.24, 2.45) is 5.73 Å². The number of carbonyl (C=O) groups is 2. The van der Waals surface area contributed by atoms with Crippen LogP contribution < -0.4 is 11.1 Å². The minimum Gasteiger partial charge on any atom is -0.337 e. The van der Waals surface area contributed by atoms with Crippen LogP contribution >= 0.6 is 0 Å². The lowest BCUT2D eigenvalue weighted by Gasteiger charge is -2.38. The SMILES string of the molecule is CC(N)C1CCCCN1C(=O)CNC(=O)N1CCc2ccccc2C1. The maximum Gasteiger partial charge on any atom is 0.318 e. The first-order valence-electron chi connectivity index (χ1n) is 9.21. The van der Waals surface area contributed by atoms with Crippen molar-refractivity contribution in [1.29, 1.82) is 0 Å². The van der Waals surface area contributed by atoms with E-state index in [1.54, 1.807) is 4.90 Å². The zero-order chi connectivity index (χ0) is 17.8. The molecule has 0 aromatic heterocycles. The Bertz CT molecular complexity index is 632. The van der Waals surface area contributed by atoms with Crippen molar-refractivity contribution in [3.63, 3.8) is 0 Å². The molecule has 0 spiro atoms. The number of nitrogens with zero attached hydrogens (tertiary/aromatic N) is 2. The number of hydrogen-bond donors (Lipinski definition) is 2. The van der Waals surface area contributed by atoms with E-state index in [0.717, 1.165) is 32.2 Å². The van der Waals surface area contributed by atoms with Crippen LogP contribution in [0.25, 0.3) is 0 Å². The molecule has 3 rings (SSSR count). The largest absolute Gasteiger partial charge is 0.337 e. The Morgan fingerprint density at radius 2 is 2.00 bits per heavy atom. The minimum absolute atomic E-state index is 0.0345. The summed E-state index contributed by atoms with van der Waals surface area (Å²) in [7, 11) is 0. The molecule has 0 bridgehead atoms. The molecule has 1 saturated heterocycles. The molecule has 2 heterocycles. The van der Waals surface area contributed by atoms with Gasteiger partial charge in [-0.3, -0.25) is 4.79 Å². The van der Waals surface area contributed by atoms with Crippen molar-refractivity contribution in [3.05, 3.63) is 35.4 Å². The molecule has 3 amide bonds. The van der Waals surface area contributed by atoms with Gasteiger partial charge >= 0.3 is 6.03 Å². The Labute approximate surface area is 149 Å². The second kappa shape index (κ2) is 7.87. The Morgan fingerprint density at radius 3 is 2.76 bits per heavy atom. The molecule has 0 saturated carbocycles. The van der Waals surface area contributed by atoms with Gasteiger partial charge in [0.25, 0.3) is 0 Å². The highest BCUT2D eigenvalue weighted by Crippen LogP contribution is 2.20.